The molecule has 0 heterocycles. The van der Waals surface area contributed by atoms with Crippen molar-refractivity contribution in [3.63, 3.8) is 0 Å². The predicted molar refractivity (Wildman–Crippen MR) is 84.2 cm³/mol. The molecule has 0 aliphatic heterocycles. The van der Waals surface area contributed by atoms with E-state index in [0.29, 0.717) is 0 Å². The van der Waals surface area contributed by atoms with Crippen LogP contribution in [0.4, 0.5) is 0 Å². The van der Waals surface area contributed by atoms with Gasteiger partial charge in [-0.3, -0.25) is 0 Å². The summed E-state index contributed by atoms with van der Waals surface area (Å²) in [7, 11) is -2.26. The van der Waals surface area contributed by atoms with Gasteiger partial charge in [-0.15, -0.1) is 0 Å². The van der Waals surface area contributed by atoms with E-state index in [4.69, 9.17) is 8.85 Å². The monoisotopic (exact) mass is 278 g/mol. The average Bonchev–Trinajstić information content (AvgIpc) is 2.36. The Kier molecular flexibility index (Phi) is 6.49. The molecular weight excluding hydrogens is 252 g/mol. The quantitative estimate of drug-likeness (QED) is 0.681. The van der Waals surface area contributed by atoms with Crippen molar-refractivity contribution >= 4 is 14.6 Å². The molecule has 0 N–H and O–H groups in total. The Labute approximate surface area is 118 Å². The van der Waals surface area contributed by atoms with Gasteiger partial charge in [-0.25, -0.2) is 0 Å². The molecule has 1 aromatic rings. The number of hydrogen-bond acceptors (Lipinski definition) is 2. The molecule has 0 bridgehead atoms. The molecule has 0 fully saturated rings. The largest absolute Gasteiger partial charge is 0.389 e. The van der Waals surface area contributed by atoms with Crippen molar-refractivity contribution in [1.82, 2.24) is 0 Å². The molecule has 0 saturated heterocycles. The maximum atomic E-state index is 6.15. The molecular formula is C16H26O2Si. The van der Waals surface area contributed by atoms with Gasteiger partial charge in [-0.1, -0.05) is 43.3 Å². The summed E-state index contributed by atoms with van der Waals surface area (Å²) >= 11 is 0. The van der Waals surface area contributed by atoms with Crippen LogP contribution < -0.4 is 0 Å². The first-order chi connectivity index (χ1) is 8.97. The van der Waals surface area contributed by atoms with Gasteiger partial charge in [-0.2, -0.15) is 0 Å². The van der Waals surface area contributed by atoms with Gasteiger partial charge in [-0.05, 0) is 45.0 Å². The minimum absolute atomic E-state index is 0.186. The van der Waals surface area contributed by atoms with Gasteiger partial charge in [0.1, 0.15) is 0 Å². The third kappa shape index (κ3) is 5.72. The van der Waals surface area contributed by atoms with Crippen LogP contribution in [-0.4, -0.2) is 20.8 Å². The third-order valence-corrected chi connectivity index (χ3v) is 6.09. The minimum atomic E-state index is -2.26. The summed E-state index contributed by atoms with van der Waals surface area (Å²) in [6.07, 6.45) is 2.50. The van der Waals surface area contributed by atoms with Gasteiger partial charge < -0.3 is 8.85 Å². The van der Waals surface area contributed by atoms with E-state index < -0.39 is 8.56 Å². The average molecular weight is 278 g/mol. The summed E-state index contributed by atoms with van der Waals surface area (Å²) in [6.45, 7) is 10.4. The zero-order chi connectivity index (χ0) is 14.3. The highest BCUT2D eigenvalue weighted by Gasteiger charge is 2.35. The molecule has 0 atom stereocenters. The molecule has 0 aliphatic rings. The second-order valence-corrected chi connectivity index (χ2v) is 8.38. The lowest BCUT2D eigenvalue weighted by molar-refractivity contribution is 0.115. The fourth-order valence-corrected chi connectivity index (χ4v) is 4.80. The highest BCUT2D eigenvalue weighted by atomic mass is 28.4. The number of benzene rings is 1. The van der Waals surface area contributed by atoms with Crippen LogP contribution in [0.15, 0.2) is 36.0 Å². The Morgan fingerprint density at radius 1 is 1.00 bits per heavy atom. The molecule has 19 heavy (non-hydrogen) atoms. The molecule has 0 saturated carbocycles. The number of hydrogen-bond donors (Lipinski definition) is 0. The molecule has 0 radical (unpaired) electrons. The van der Waals surface area contributed by atoms with Crippen molar-refractivity contribution in [2.24, 2.45) is 0 Å². The Morgan fingerprint density at radius 2 is 1.53 bits per heavy atom. The van der Waals surface area contributed by atoms with Crippen LogP contribution in [-0.2, 0) is 8.85 Å². The fraction of sp³-hybridized carbons (Fsp3) is 0.500. The summed E-state index contributed by atoms with van der Waals surface area (Å²) in [5, 5.41) is 0. The Bertz CT molecular complexity index is 375. The van der Waals surface area contributed by atoms with E-state index in [1.165, 1.54) is 5.56 Å². The Morgan fingerprint density at radius 3 is 1.95 bits per heavy atom. The topological polar surface area (TPSA) is 18.5 Å². The maximum Gasteiger partial charge on any atom is 0.365 e. The van der Waals surface area contributed by atoms with Gasteiger partial charge >= 0.3 is 8.56 Å². The van der Waals surface area contributed by atoms with E-state index in [-0.39, 0.29) is 12.2 Å². The summed E-state index contributed by atoms with van der Waals surface area (Å²) in [5.41, 5.74) is 3.36. The molecule has 0 aromatic heterocycles. The summed E-state index contributed by atoms with van der Waals surface area (Å²) in [4.78, 5) is 0. The van der Waals surface area contributed by atoms with Crippen LogP contribution in [0.5, 0.6) is 0 Å². The molecule has 0 amide bonds. The number of rotatable bonds is 7. The van der Waals surface area contributed by atoms with Crippen molar-refractivity contribution in [3.05, 3.63) is 41.6 Å². The molecule has 0 spiro atoms. The maximum absolute atomic E-state index is 6.15. The smallest absolute Gasteiger partial charge is 0.365 e. The Hall–Kier alpha value is -0.903. The first-order valence-corrected chi connectivity index (χ1v) is 9.17. The second kappa shape index (κ2) is 7.63. The molecule has 0 aliphatic carbocycles. The standard InChI is InChI=1S/C16H26O2Si/c1-6-19(17-14(2)3,18-15(4)5)13-12-16-10-8-7-9-11-16/h7-15H,6H2,1-5H3. The lowest BCUT2D eigenvalue weighted by Gasteiger charge is -2.30. The molecule has 1 aromatic carbocycles. The van der Waals surface area contributed by atoms with Crippen LogP contribution in [0.1, 0.15) is 40.2 Å². The summed E-state index contributed by atoms with van der Waals surface area (Å²) in [5.74, 6) is 0. The van der Waals surface area contributed by atoms with Crippen LogP contribution in [0.3, 0.4) is 0 Å². The zero-order valence-corrected chi connectivity index (χ0v) is 13.7. The zero-order valence-electron chi connectivity index (χ0n) is 12.7. The molecule has 106 valence electrons. The van der Waals surface area contributed by atoms with Gasteiger partial charge in [0, 0.05) is 12.2 Å². The molecule has 3 heteroatoms. The molecule has 1 rings (SSSR count). The lowest BCUT2D eigenvalue weighted by atomic mass is 10.2. The first-order valence-electron chi connectivity index (χ1n) is 7.07. The van der Waals surface area contributed by atoms with E-state index in [1.807, 2.05) is 18.2 Å². The van der Waals surface area contributed by atoms with Crippen molar-refractivity contribution in [2.75, 3.05) is 0 Å². The minimum Gasteiger partial charge on any atom is -0.389 e. The molecule has 2 nitrogen and oxygen atoms in total. The summed E-state index contributed by atoms with van der Waals surface area (Å²) < 4.78 is 12.3. The van der Waals surface area contributed by atoms with Gasteiger partial charge in [0.15, 0.2) is 0 Å². The van der Waals surface area contributed by atoms with E-state index >= 15 is 0 Å². The first kappa shape index (κ1) is 16.2. The second-order valence-electron chi connectivity index (χ2n) is 5.24. The molecule has 0 unspecified atom stereocenters. The van der Waals surface area contributed by atoms with E-state index in [0.717, 1.165) is 6.04 Å². The van der Waals surface area contributed by atoms with Crippen molar-refractivity contribution < 1.29 is 8.85 Å². The fourth-order valence-electron chi connectivity index (χ4n) is 1.98. The van der Waals surface area contributed by atoms with Crippen LogP contribution >= 0.6 is 0 Å². The van der Waals surface area contributed by atoms with Gasteiger partial charge in [0.25, 0.3) is 0 Å². The van der Waals surface area contributed by atoms with Crippen LogP contribution in [0.25, 0.3) is 6.08 Å². The van der Waals surface area contributed by atoms with Crippen molar-refractivity contribution in [1.29, 1.82) is 0 Å². The van der Waals surface area contributed by atoms with E-state index in [1.54, 1.807) is 0 Å². The highest BCUT2D eigenvalue weighted by molar-refractivity contribution is 6.73. The van der Waals surface area contributed by atoms with Crippen molar-refractivity contribution in [3.8, 4) is 0 Å². The normalized spacial score (nSPS) is 12.8. The lowest BCUT2D eigenvalue weighted by Crippen LogP contribution is -2.43. The van der Waals surface area contributed by atoms with Crippen LogP contribution in [0, 0.1) is 0 Å². The Balaban J connectivity index is 2.92. The predicted octanol–water partition coefficient (Wildman–Crippen LogP) is 4.55. The van der Waals surface area contributed by atoms with E-state index in [2.05, 4.69) is 58.5 Å². The van der Waals surface area contributed by atoms with E-state index in [9.17, 15) is 0 Å². The third-order valence-electron chi connectivity index (χ3n) is 2.69. The van der Waals surface area contributed by atoms with Crippen molar-refractivity contribution in [2.45, 2.75) is 52.9 Å². The van der Waals surface area contributed by atoms with Gasteiger partial charge in [0.2, 0.25) is 0 Å². The van der Waals surface area contributed by atoms with Gasteiger partial charge in [0.05, 0.1) is 0 Å². The summed E-state index contributed by atoms with van der Waals surface area (Å²) in [6, 6.07) is 11.2. The highest BCUT2D eigenvalue weighted by Crippen LogP contribution is 2.21. The SMILES string of the molecule is CC[Si](C=Cc1ccccc1)(OC(C)C)OC(C)C. The van der Waals surface area contributed by atoms with Crippen LogP contribution in [0.2, 0.25) is 6.04 Å².